The Morgan fingerprint density at radius 2 is 1.71 bits per heavy atom. The fraction of sp³-hybridized carbons (Fsp3) is 0.0588. The number of halogens is 4. The third-order valence-electron chi connectivity index (χ3n) is 3.53. The first-order chi connectivity index (χ1) is 11.3. The Morgan fingerprint density at radius 1 is 1.04 bits per heavy atom. The molecule has 0 aromatic heterocycles. The van der Waals surface area contributed by atoms with Crippen LogP contribution in [0.3, 0.4) is 0 Å². The maximum Gasteiger partial charge on any atom is 0.416 e. The van der Waals surface area contributed by atoms with Crippen molar-refractivity contribution in [1.29, 1.82) is 0 Å². The van der Waals surface area contributed by atoms with Gasteiger partial charge in [0.25, 0.3) is 0 Å². The summed E-state index contributed by atoms with van der Waals surface area (Å²) in [5.74, 6) is -1.84. The third kappa shape index (κ3) is 2.68. The first-order valence-electron chi connectivity index (χ1n) is 6.77. The summed E-state index contributed by atoms with van der Waals surface area (Å²) in [5.41, 5.74) is -1.29. The molecule has 0 fully saturated rings. The number of aliphatic imine (C=N–C) groups is 1. The zero-order valence-electron chi connectivity index (χ0n) is 11.9. The highest BCUT2D eigenvalue weighted by Crippen LogP contribution is 2.34. The van der Waals surface area contributed by atoms with Crippen molar-refractivity contribution < 1.29 is 27.5 Å². The van der Waals surface area contributed by atoms with Crippen LogP contribution in [-0.4, -0.2) is 17.1 Å². The number of Topliss-reactive ketones (excluding diaryl/α,β-unsaturated/α-hetero) is 1. The molecule has 0 saturated carbocycles. The Bertz CT molecular complexity index is 898. The van der Waals surface area contributed by atoms with E-state index in [4.69, 9.17) is 0 Å². The minimum Gasteiger partial charge on any atom is -0.506 e. The SMILES string of the molecule is O=C1C(C=Nc2cc(C(F)(F)F)ccc2F)=C(O)c2ccccc21. The Morgan fingerprint density at radius 3 is 2.33 bits per heavy atom. The summed E-state index contributed by atoms with van der Waals surface area (Å²) in [4.78, 5) is 15.8. The highest BCUT2D eigenvalue weighted by Gasteiger charge is 2.31. The fourth-order valence-electron chi connectivity index (χ4n) is 2.33. The predicted molar refractivity (Wildman–Crippen MR) is 79.9 cm³/mol. The molecule has 0 bridgehead atoms. The average Bonchev–Trinajstić information content (AvgIpc) is 2.78. The molecule has 2 aromatic rings. The number of alkyl halides is 3. The van der Waals surface area contributed by atoms with E-state index in [-0.39, 0.29) is 16.9 Å². The molecular formula is C17H9F4NO2. The standard InChI is InChI=1S/C17H9F4NO2/c18-13-6-5-9(17(19,20)21)7-14(13)22-8-12-15(23)10-3-1-2-4-11(10)16(12)24/h1-8,23H. The van der Waals surface area contributed by atoms with Crippen LogP contribution in [-0.2, 0) is 6.18 Å². The third-order valence-corrected chi connectivity index (χ3v) is 3.53. The molecule has 0 amide bonds. The minimum absolute atomic E-state index is 0.201. The Labute approximate surface area is 133 Å². The van der Waals surface area contributed by atoms with E-state index >= 15 is 0 Å². The van der Waals surface area contributed by atoms with E-state index in [0.717, 1.165) is 6.21 Å². The number of nitrogens with zero attached hydrogens (tertiary/aromatic N) is 1. The molecule has 1 aliphatic rings. The van der Waals surface area contributed by atoms with Crippen LogP contribution in [0.1, 0.15) is 21.5 Å². The zero-order chi connectivity index (χ0) is 17.5. The lowest BCUT2D eigenvalue weighted by Gasteiger charge is -2.07. The van der Waals surface area contributed by atoms with Crippen molar-refractivity contribution in [2.45, 2.75) is 6.18 Å². The molecule has 0 saturated heterocycles. The van der Waals surface area contributed by atoms with Crippen LogP contribution in [0.4, 0.5) is 23.2 Å². The first-order valence-corrected chi connectivity index (χ1v) is 6.77. The van der Waals surface area contributed by atoms with Gasteiger partial charge in [-0.1, -0.05) is 24.3 Å². The number of fused-ring (bicyclic) bond motifs is 1. The summed E-state index contributed by atoms with van der Waals surface area (Å²) >= 11 is 0. The van der Waals surface area contributed by atoms with E-state index in [1.54, 1.807) is 12.1 Å². The molecule has 24 heavy (non-hydrogen) atoms. The number of carbonyl (C=O) groups excluding carboxylic acids is 1. The molecule has 0 unspecified atom stereocenters. The Kier molecular flexibility index (Phi) is 3.71. The van der Waals surface area contributed by atoms with Gasteiger partial charge in [-0.15, -0.1) is 0 Å². The number of carbonyl (C=O) groups is 1. The van der Waals surface area contributed by atoms with Crippen molar-refractivity contribution >= 4 is 23.4 Å². The summed E-state index contributed by atoms with van der Waals surface area (Å²) in [6, 6.07) is 8.03. The lowest BCUT2D eigenvalue weighted by Crippen LogP contribution is -2.04. The molecule has 0 radical (unpaired) electrons. The largest absolute Gasteiger partial charge is 0.506 e. The summed E-state index contributed by atoms with van der Waals surface area (Å²) < 4.78 is 51.6. The van der Waals surface area contributed by atoms with Gasteiger partial charge in [0.15, 0.2) is 5.78 Å². The van der Waals surface area contributed by atoms with Gasteiger partial charge in [-0.25, -0.2) is 4.39 Å². The number of hydrogen-bond donors (Lipinski definition) is 1. The number of ketones is 1. The monoisotopic (exact) mass is 335 g/mol. The molecule has 1 N–H and O–H groups in total. The van der Waals surface area contributed by atoms with Crippen LogP contribution in [0, 0.1) is 5.82 Å². The highest BCUT2D eigenvalue weighted by atomic mass is 19.4. The van der Waals surface area contributed by atoms with E-state index in [9.17, 15) is 27.5 Å². The molecule has 3 nitrogen and oxygen atoms in total. The average molecular weight is 335 g/mol. The number of benzene rings is 2. The second kappa shape index (κ2) is 5.59. The lowest BCUT2D eigenvalue weighted by atomic mass is 10.1. The maximum atomic E-state index is 13.6. The van der Waals surface area contributed by atoms with Crippen LogP contribution in [0.2, 0.25) is 0 Å². The fourth-order valence-corrected chi connectivity index (χ4v) is 2.33. The lowest BCUT2D eigenvalue weighted by molar-refractivity contribution is -0.137. The van der Waals surface area contributed by atoms with Gasteiger partial charge >= 0.3 is 6.18 Å². The Hall–Kier alpha value is -2.96. The van der Waals surface area contributed by atoms with E-state index in [1.165, 1.54) is 12.1 Å². The maximum absolute atomic E-state index is 13.6. The van der Waals surface area contributed by atoms with Gasteiger partial charge in [0.05, 0.1) is 16.8 Å². The van der Waals surface area contributed by atoms with Crippen molar-refractivity contribution in [2.75, 3.05) is 0 Å². The summed E-state index contributed by atoms with van der Waals surface area (Å²) in [6.45, 7) is 0. The van der Waals surface area contributed by atoms with Crippen LogP contribution in [0.5, 0.6) is 0 Å². The van der Waals surface area contributed by atoms with Crippen molar-refractivity contribution in [1.82, 2.24) is 0 Å². The minimum atomic E-state index is -4.64. The summed E-state index contributed by atoms with van der Waals surface area (Å²) in [7, 11) is 0. The summed E-state index contributed by atoms with van der Waals surface area (Å²) in [6.07, 6.45) is -3.77. The van der Waals surface area contributed by atoms with E-state index in [1.807, 2.05) is 0 Å². The molecule has 1 aliphatic carbocycles. The number of rotatable bonds is 2. The normalized spacial score (nSPS) is 14.6. The van der Waals surface area contributed by atoms with Gasteiger partial charge in [0, 0.05) is 17.3 Å². The Balaban J connectivity index is 1.98. The van der Waals surface area contributed by atoms with E-state index < -0.39 is 29.0 Å². The molecule has 0 aliphatic heterocycles. The van der Waals surface area contributed by atoms with Crippen LogP contribution in [0.25, 0.3) is 5.76 Å². The molecule has 2 aromatic carbocycles. The summed E-state index contributed by atoms with van der Waals surface area (Å²) in [5, 5.41) is 10.0. The van der Waals surface area contributed by atoms with Crippen molar-refractivity contribution in [3.63, 3.8) is 0 Å². The number of aliphatic hydroxyl groups is 1. The topological polar surface area (TPSA) is 49.7 Å². The van der Waals surface area contributed by atoms with Gasteiger partial charge in [0.2, 0.25) is 0 Å². The second-order valence-corrected chi connectivity index (χ2v) is 5.06. The van der Waals surface area contributed by atoms with Crippen LogP contribution < -0.4 is 0 Å². The number of aliphatic hydroxyl groups excluding tert-OH is 1. The molecule has 122 valence electrons. The predicted octanol–water partition coefficient (Wildman–Crippen LogP) is 4.71. The van der Waals surface area contributed by atoms with Gasteiger partial charge in [-0.3, -0.25) is 9.79 Å². The van der Waals surface area contributed by atoms with Crippen molar-refractivity contribution in [3.05, 3.63) is 70.5 Å². The van der Waals surface area contributed by atoms with Gasteiger partial charge in [-0.05, 0) is 18.2 Å². The number of hydrogen-bond acceptors (Lipinski definition) is 3. The zero-order valence-corrected chi connectivity index (χ0v) is 11.9. The van der Waals surface area contributed by atoms with Crippen LogP contribution in [0.15, 0.2) is 53.0 Å². The smallest absolute Gasteiger partial charge is 0.416 e. The molecule has 3 rings (SSSR count). The van der Waals surface area contributed by atoms with Crippen molar-refractivity contribution in [3.8, 4) is 0 Å². The second-order valence-electron chi connectivity index (χ2n) is 5.06. The van der Waals surface area contributed by atoms with E-state index in [0.29, 0.717) is 23.8 Å². The molecule has 0 atom stereocenters. The molecular weight excluding hydrogens is 326 g/mol. The van der Waals surface area contributed by atoms with Crippen molar-refractivity contribution in [2.24, 2.45) is 4.99 Å². The van der Waals surface area contributed by atoms with Gasteiger partial charge in [0.1, 0.15) is 11.6 Å². The molecule has 7 heteroatoms. The van der Waals surface area contributed by atoms with Crippen LogP contribution >= 0.6 is 0 Å². The van der Waals surface area contributed by atoms with Gasteiger partial charge < -0.3 is 5.11 Å². The molecule has 0 heterocycles. The van der Waals surface area contributed by atoms with Gasteiger partial charge in [-0.2, -0.15) is 13.2 Å². The van der Waals surface area contributed by atoms with E-state index in [2.05, 4.69) is 4.99 Å². The molecule has 0 spiro atoms. The quantitative estimate of drug-likeness (QED) is 0.638. The highest BCUT2D eigenvalue weighted by molar-refractivity contribution is 6.30. The first kappa shape index (κ1) is 15.9. The number of allylic oxidation sites excluding steroid dienone is 1.